The summed E-state index contributed by atoms with van der Waals surface area (Å²) in [7, 11) is 0. The summed E-state index contributed by atoms with van der Waals surface area (Å²) >= 11 is 0. The van der Waals surface area contributed by atoms with Crippen molar-refractivity contribution in [2.75, 3.05) is 13.2 Å². The van der Waals surface area contributed by atoms with Crippen molar-refractivity contribution < 1.29 is 14.7 Å². The Morgan fingerprint density at radius 1 is 1.00 bits per heavy atom. The first-order valence-electron chi connectivity index (χ1n) is 8.91. The van der Waals surface area contributed by atoms with Crippen LogP contribution in [-0.4, -0.2) is 41.0 Å². The molecule has 138 valence electrons. The first kappa shape index (κ1) is 19.7. The van der Waals surface area contributed by atoms with Crippen molar-refractivity contribution in [2.45, 2.75) is 32.4 Å². The van der Waals surface area contributed by atoms with Crippen LogP contribution in [0.3, 0.4) is 0 Å². The maximum atomic E-state index is 12.7. The van der Waals surface area contributed by atoms with Gasteiger partial charge in [0, 0.05) is 25.9 Å². The molecule has 0 saturated carbocycles. The monoisotopic (exact) mass is 354 g/mol. The summed E-state index contributed by atoms with van der Waals surface area (Å²) in [6.07, 6.45) is 0.752. The van der Waals surface area contributed by atoms with Crippen LogP contribution in [0.2, 0.25) is 0 Å². The quantitative estimate of drug-likeness (QED) is 0.725. The first-order chi connectivity index (χ1) is 12.7. The Morgan fingerprint density at radius 3 is 2.12 bits per heavy atom. The zero-order chi connectivity index (χ0) is 18.8. The smallest absolute Gasteiger partial charge is 0.243 e. The average molecular weight is 354 g/mol. The molecule has 0 radical (unpaired) electrons. The third-order valence-electron chi connectivity index (χ3n) is 4.18. The minimum Gasteiger partial charge on any atom is -0.395 e. The van der Waals surface area contributed by atoms with E-state index in [0.29, 0.717) is 19.4 Å². The lowest BCUT2D eigenvalue weighted by molar-refractivity contribution is -0.141. The molecule has 0 fully saturated rings. The number of hydrogen-bond donors (Lipinski definition) is 2. The molecule has 5 heteroatoms. The molecule has 0 aliphatic carbocycles. The Morgan fingerprint density at radius 2 is 1.58 bits per heavy atom. The van der Waals surface area contributed by atoms with Crippen molar-refractivity contribution in [3.05, 3.63) is 71.8 Å². The third kappa shape index (κ3) is 5.70. The number of hydrogen-bond acceptors (Lipinski definition) is 3. The van der Waals surface area contributed by atoms with Gasteiger partial charge in [-0.1, -0.05) is 67.6 Å². The summed E-state index contributed by atoms with van der Waals surface area (Å²) in [4.78, 5) is 27.0. The number of amides is 2. The van der Waals surface area contributed by atoms with E-state index in [9.17, 15) is 9.59 Å². The average Bonchev–Trinajstić information content (AvgIpc) is 2.69. The maximum Gasteiger partial charge on any atom is 0.243 e. The predicted octanol–water partition coefficient (Wildman–Crippen LogP) is 2.15. The van der Waals surface area contributed by atoms with Gasteiger partial charge in [-0.25, -0.2) is 0 Å². The van der Waals surface area contributed by atoms with E-state index in [1.165, 1.54) is 0 Å². The van der Waals surface area contributed by atoms with E-state index >= 15 is 0 Å². The summed E-state index contributed by atoms with van der Waals surface area (Å²) in [5.41, 5.74) is 1.96. The van der Waals surface area contributed by atoms with Gasteiger partial charge in [-0.05, 0) is 11.1 Å². The van der Waals surface area contributed by atoms with Crippen LogP contribution in [0.4, 0.5) is 0 Å². The molecule has 2 rings (SSSR count). The number of aliphatic hydroxyl groups excluding tert-OH is 1. The van der Waals surface area contributed by atoms with E-state index in [-0.39, 0.29) is 25.0 Å². The van der Waals surface area contributed by atoms with Gasteiger partial charge in [-0.3, -0.25) is 9.59 Å². The van der Waals surface area contributed by atoms with E-state index in [2.05, 4.69) is 5.32 Å². The minimum atomic E-state index is -0.628. The summed E-state index contributed by atoms with van der Waals surface area (Å²) in [6.45, 7) is 2.21. The Bertz CT molecular complexity index is 689. The minimum absolute atomic E-state index is 0.0751. The largest absolute Gasteiger partial charge is 0.395 e. The second kappa shape index (κ2) is 10.4. The molecule has 0 spiro atoms. The molecule has 0 saturated heterocycles. The van der Waals surface area contributed by atoms with Gasteiger partial charge < -0.3 is 15.3 Å². The third-order valence-corrected chi connectivity index (χ3v) is 4.18. The van der Waals surface area contributed by atoms with Crippen LogP contribution in [0.1, 0.15) is 24.5 Å². The standard InChI is InChI=1S/C21H26N2O3/c1-2-20(25)23(16-18-11-7-4-8-12-18)19(21(26)22-13-14-24)15-17-9-5-3-6-10-17/h3-12,19,24H,2,13-16H2,1H3,(H,22,26). The Hall–Kier alpha value is -2.66. The molecule has 2 N–H and O–H groups in total. The van der Waals surface area contributed by atoms with Gasteiger partial charge in [0.1, 0.15) is 6.04 Å². The van der Waals surface area contributed by atoms with Crippen LogP contribution < -0.4 is 5.32 Å². The SMILES string of the molecule is CCC(=O)N(Cc1ccccc1)C(Cc1ccccc1)C(=O)NCCO. The molecule has 2 amide bonds. The van der Waals surface area contributed by atoms with E-state index in [1.54, 1.807) is 11.8 Å². The summed E-state index contributed by atoms with van der Waals surface area (Å²) in [6, 6.07) is 18.7. The Labute approximate surface area is 154 Å². The molecule has 0 aliphatic rings. The number of rotatable bonds is 9. The molecule has 0 bridgehead atoms. The molecule has 0 heterocycles. The van der Waals surface area contributed by atoms with Crippen LogP contribution in [0.25, 0.3) is 0 Å². The summed E-state index contributed by atoms with van der Waals surface area (Å²) < 4.78 is 0. The number of nitrogens with one attached hydrogen (secondary N) is 1. The fourth-order valence-electron chi connectivity index (χ4n) is 2.83. The molecule has 2 aromatic rings. The fourth-order valence-corrected chi connectivity index (χ4v) is 2.83. The van der Waals surface area contributed by atoms with Gasteiger partial charge in [-0.2, -0.15) is 0 Å². The highest BCUT2D eigenvalue weighted by Gasteiger charge is 2.29. The second-order valence-corrected chi connectivity index (χ2v) is 6.08. The molecular weight excluding hydrogens is 328 g/mol. The topological polar surface area (TPSA) is 69.6 Å². The number of carbonyl (C=O) groups excluding carboxylic acids is 2. The molecular formula is C21H26N2O3. The molecule has 1 unspecified atom stereocenters. The lowest BCUT2D eigenvalue weighted by Crippen LogP contribution is -2.50. The molecule has 0 aliphatic heterocycles. The van der Waals surface area contributed by atoms with Gasteiger partial charge in [0.2, 0.25) is 11.8 Å². The van der Waals surface area contributed by atoms with Crippen LogP contribution in [0.15, 0.2) is 60.7 Å². The van der Waals surface area contributed by atoms with E-state index in [1.807, 2.05) is 60.7 Å². The normalized spacial score (nSPS) is 11.6. The number of carbonyl (C=O) groups is 2. The Kier molecular flexibility index (Phi) is 7.83. The fraction of sp³-hybridized carbons (Fsp3) is 0.333. The van der Waals surface area contributed by atoms with Crippen LogP contribution in [0, 0.1) is 0 Å². The van der Waals surface area contributed by atoms with Crippen LogP contribution in [0.5, 0.6) is 0 Å². The maximum absolute atomic E-state index is 12.7. The molecule has 2 aromatic carbocycles. The van der Waals surface area contributed by atoms with Crippen molar-refractivity contribution >= 4 is 11.8 Å². The summed E-state index contributed by atoms with van der Waals surface area (Å²) in [5.74, 6) is -0.324. The van der Waals surface area contributed by atoms with Gasteiger partial charge in [-0.15, -0.1) is 0 Å². The summed E-state index contributed by atoms with van der Waals surface area (Å²) in [5, 5.41) is 11.7. The lowest BCUT2D eigenvalue weighted by Gasteiger charge is -2.31. The molecule has 1 atom stereocenters. The second-order valence-electron chi connectivity index (χ2n) is 6.08. The number of benzene rings is 2. The van der Waals surface area contributed by atoms with Gasteiger partial charge >= 0.3 is 0 Å². The Balaban J connectivity index is 2.29. The highest BCUT2D eigenvalue weighted by atomic mass is 16.3. The van der Waals surface area contributed by atoms with Crippen molar-refractivity contribution in [1.29, 1.82) is 0 Å². The van der Waals surface area contributed by atoms with Crippen molar-refractivity contribution in [3.8, 4) is 0 Å². The first-order valence-corrected chi connectivity index (χ1v) is 8.91. The van der Waals surface area contributed by atoms with E-state index in [4.69, 9.17) is 5.11 Å². The van der Waals surface area contributed by atoms with Crippen LogP contribution >= 0.6 is 0 Å². The number of aliphatic hydroxyl groups is 1. The van der Waals surface area contributed by atoms with Gasteiger partial charge in [0.15, 0.2) is 0 Å². The lowest BCUT2D eigenvalue weighted by atomic mass is 10.0. The van der Waals surface area contributed by atoms with Gasteiger partial charge in [0.05, 0.1) is 6.61 Å². The van der Waals surface area contributed by atoms with Crippen molar-refractivity contribution in [1.82, 2.24) is 10.2 Å². The zero-order valence-electron chi connectivity index (χ0n) is 15.1. The van der Waals surface area contributed by atoms with E-state index in [0.717, 1.165) is 11.1 Å². The molecule has 0 aromatic heterocycles. The van der Waals surface area contributed by atoms with Crippen molar-refractivity contribution in [2.24, 2.45) is 0 Å². The number of nitrogens with zero attached hydrogens (tertiary/aromatic N) is 1. The van der Waals surface area contributed by atoms with Crippen molar-refractivity contribution in [3.63, 3.8) is 0 Å². The highest BCUT2D eigenvalue weighted by molar-refractivity contribution is 5.87. The zero-order valence-corrected chi connectivity index (χ0v) is 15.1. The highest BCUT2D eigenvalue weighted by Crippen LogP contribution is 2.15. The van der Waals surface area contributed by atoms with E-state index < -0.39 is 6.04 Å². The van der Waals surface area contributed by atoms with Gasteiger partial charge in [0.25, 0.3) is 0 Å². The predicted molar refractivity (Wildman–Crippen MR) is 101 cm³/mol. The van der Waals surface area contributed by atoms with Crippen LogP contribution in [-0.2, 0) is 22.6 Å². The molecule has 26 heavy (non-hydrogen) atoms. The molecule has 5 nitrogen and oxygen atoms in total.